The number of hydrogen-bond donors (Lipinski definition) is 1. The van der Waals surface area contributed by atoms with Crippen LogP contribution in [0.3, 0.4) is 0 Å². The van der Waals surface area contributed by atoms with E-state index in [0.29, 0.717) is 4.88 Å². The topological polar surface area (TPSA) is 59.4 Å². The molecule has 6 nitrogen and oxygen atoms in total. The predicted molar refractivity (Wildman–Crippen MR) is 122 cm³/mol. The van der Waals surface area contributed by atoms with Gasteiger partial charge in [0.15, 0.2) is 0 Å². The minimum Gasteiger partial charge on any atom is -0.497 e. The highest BCUT2D eigenvalue weighted by Crippen LogP contribution is 2.33. The van der Waals surface area contributed by atoms with Gasteiger partial charge in [0.2, 0.25) is 5.95 Å². The van der Waals surface area contributed by atoms with Crippen molar-refractivity contribution in [1.29, 1.82) is 0 Å². The number of aromatic nitrogens is 2. The first-order valence-electron chi connectivity index (χ1n) is 9.77. The average Bonchev–Trinajstić information content (AvgIpc) is 3.32. The zero-order valence-corrected chi connectivity index (χ0v) is 18.5. The fraction of sp³-hybridized carbons (Fsp3) is 0.217. The summed E-state index contributed by atoms with van der Waals surface area (Å²) in [6, 6.07) is 15.4. The standard InChI is InChI=1S/C23H23FN4O2S/c1-14(15-5-7-16(24)8-6-15)25-21(29)20-13-19-22(31-20)28(23(26-19)27(2)3)17-9-11-18(30-4)12-10-17/h5-14H,1-4H3,(H,25,29). The molecule has 2 aromatic carbocycles. The number of methoxy groups -OCH3 is 1. The van der Waals surface area contributed by atoms with E-state index in [1.807, 2.05) is 54.8 Å². The summed E-state index contributed by atoms with van der Waals surface area (Å²) in [4.78, 5) is 21.0. The minimum atomic E-state index is -0.301. The summed E-state index contributed by atoms with van der Waals surface area (Å²) in [6.45, 7) is 1.87. The number of nitrogens with one attached hydrogen (secondary N) is 1. The maximum Gasteiger partial charge on any atom is 0.261 e. The molecule has 4 rings (SSSR count). The summed E-state index contributed by atoms with van der Waals surface area (Å²) >= 11 is 1.39. The van der Waals surface area contributed by atoms with Crippen molar-refractivity contribution in [2.45, 2.75) is 13.0 Å². The molecule has 8 heteroatoms. The molecule has 2 aromatic heterocycles. The summed E-state index contributed by atoms with van der Waals surface area (Å²) in [5.41, 5.74) is 2.52. The van der Waals surface area contributed by atoms with Crippen LogP contribution in [0, 0.1) is 5.82 Å². The van der Waals surface area contributed by atoms with Crippen LogP contribution in [0.25, 0.3) is 16.0 Å². The molecule has 160 valence electrons. The van der Waals surface area contributed by atoms with Crippen LogP contribution in [0.2, 0.25) is 0 Å². The molecule has 1 N–H and O–H groups in total. The number of ether oxygens (including phenoxy) is 1. The van der Waals surface area contributed by atoms with Crippen molar-refractivity contribution in [1.82, 2.24) is 14.9 Å². The third kappa shape index (κ3) is 4.11. The van der Waals surface area contributed by atoms with Gasteiger partial charge in [-0.2, -0.15) is 0 Å². The highest BCUT2D eigenvalue weighted by molar-refractivity contribution is 7.20. The smallest absolute Gasteiger partial charge is 0.261 e. The third-order valence-electron chi connectivity index (χ3n) is 4.99. The molecule has 0 radical (unpaired) electrons. The maximum atomic E-state index is 13.2. The lowest BCUT2D eigenvalue weighted by atomic mass is 10.1. The second-order valence-electron chi connectivity index (χ2n) is 7.39. The van der Waals surface area contributed by atoms with Gasteiger partial charge in [0.25, 0.3) is 5.91 Å². The van der Waals surface area contributed by atoms with Crippen LogP contribution in [0.4, 0.5) is 10.3 Å². The maximum absolute atomic E-state index is 13.2. The Labute approximate surface area is 183 Å². The molecule has 0 aliphatic carbocycles. The van der Waals surface area contributed by atoms with E-state index in [-0.39, 0.29) is 17.8 Å². The molecule has 31 heavy (non-hydrogen) atoms. The minimum absolute atomic E-state index is 0.187. The number of anilines is 1. The van der Waals surface area contributed by atoms with Crippen molar-refractivity contribution < 1.29 is 13.9 Å². The zero-order valence-electron chi connectivity index (χ0n) is 17.7. The monoisotopic (exact) mass is 438 g/mol. The Balaban J connectivity index is 1.66. The van der Waals surface area contributed by atoms with Crippen molar-refractivity contribution >= 4 is 33.5 Å². The van der Waals surface area contributed by atoms with Gasteiger partial charge in [-0.15, -0.1) is 11.3 Å². The second kappa shape index (κ2) is 8.39. The number of fused-ring (bicyclic) bond motifs is 1. The highest BCUT2D eigenvalue weighted by Gasteiger charge is 2.21. The van der Waals surface area contributed by atoms with E-state index in [2.05, 4.69) is 5.32 Å². The van der Waals surface area contributed by atoms with E-state index >= 15 is 0 Å². The number of amides is 1. The Bertz CT molecular complexity index is 1210. The Morgan fingerprint density at radius 2 is 1.84 bits per heavy atom. The fourth-order valence-corrected chi connectivity index (χ4v) is 4.36. The van der Waals surface area contributed by atoms with E-state index in [9.17, 15) is 9.18 Å². The lowest BCUT2D eigenvalue weighted by Gasteiger charge is -2.15. The van der Waals surface area contributed by atoms with Gasteiger partial charge in [0.1, 0.15) is 21.9 Å². The number of thiophene rings is 1. The van der Waals surface area contributed by atoms with Crippen LogP contribution < -0.4 is 15.0 Å². The molecule has 2 heterocycles. The van der Waals surface area contributed by atoms with E-state index < -0.39 is 0 Å². The molecule has 1 atom stereocenters. The highest BCUT2D eigenvalue weighted by atomic mass is 32.1. The van der Waals surface area contributed by atoms with Crippen LogP contribution in [0.1, 0.15) is 28.2 Å². The van der Waals surface area contributed by atoms with Crippen molar-refractivity contribution in [2.75, 3.05) is 26.1 Å². The lowest BCUT2D eigenvalue weighted by molar-refractivity contribution is 0.0944. The Morgan fingerprint density at radius 1 is 1.16 bits per heavy atom. The van der Waals surface area contributed by atoms with Crippen LogP contribution in [-0.4, -0.2) is 36.7 Å². The lowest BCUT2D eigenvalue weighted by Crippen LogP contribution is -2.25. The van der Waals surface area contributed by atoms with Crippen LogP contribution in [-0.2, 0) is 0 Å². The average molecular weight is 439 g/mol. The summed E-state index contributed by atoms with van der Waals surface area (Å²) in [5.74, 6) is 1.06. The molecule has 4 aromatic rings. The van der Waals surface area contributed by atoms with Crippen molar-refractivity contribution in [2.24, 2.45) is 0 Å². The quantitative estimate of drug-likeness (QED) is 0.470. The number of hydrogen-bond acceptors (Lipinski definition) is 5. The molecule has 0 spiro atoms. The first-order valence-corrected chi connectivity index (χ1v) is 10.6. The Morgan fingerprint density at radius 3 is 2.45 bits per heavy atom. The van der Waals surface area contributed by atoms with Gasteiger partial charge in [-0.3, -0.25) is 9.36 Å². The molecule has 0 bridgehead atoms. The number of nitrogens with zero attached hydrogens (tertiary/aromatic N) is 3. The largest absolute Gasteiger partial charge is 0.497 e. The van der Waals surface area contributed by atoms with Crippen molar-refractivity contribution in [3.05, 3.63) is 70.9 Å². The molecular formula is C23H23FN4O2S. The molecule has 0 fully saturated rings. The van der Waals surface area contributed by atoms with Crippen LogP contribution >= 0.6 is 11.3 Å². The third-order valence-corrected chi connectivity index (χ3v) is 6.10. The van der Waals surface area contributed by atoms with Gasteiger partial charge >= 0.3 is 0 Å². The predicted octanol–water partition coefficient (Wildman–Crippen LogP) is 4.79. The van der Waals surface area contributed by atoms with Gasteiger partial charge in [-0.25, -0.2) is 9.37 Å². The summed E-state index contributed by atoms with van der Waals surface area (Å²) in [5, 5.41) is 2.98. The first-order chi connectivity index (χ1) is 14.9. The van der Waals surface area contributed by atoms with Crippen LogP contribution in [0.15, 0.2) is 54.6 Å². The second-order valence-corrected chi connectivity index (χ2v) is 8.42. The SMILES string of the molecule is COc1ccc(-n2c(N(C)C)nc3cc(C(=O)NC(C)c4ccc(F)cc4)sc32)cc1. The number of carbonyl (C=O) groups is 1. The number of imidazole rings is 1. The number of halogens is 1. The van der Waals surface area contributed by atoms with Crippen LogP contribution in [0.5, 0.6) is 5.75 Å². The van der Waals surface area contributed by atoms with Gasteiger partial charge in [0.05, 0.1) is 23.7 Å². The zero-order chi connectivity index (χ0) is 22.1. The fourth-order valence-electron chi connectivity index (χ4n) is 3.34. The van der Waals surface area contributed by atoms with Crippen molar-refractivity contribution in [3.8, 4) is 11.4 Å². The van der Waals surface area contributed by atoms with E-state index in [1.54, 1.807) is 25.3 Å². The number of carbonyl (C=O) groups excluding carboxylic acids is 1. The summed E-state index contributed by atoms with van der Waals surface area (Å²) in [6.07, 6.45) is 0. The van der Waals surface area contributed by atoms with Gasteiger partial charge in [-0.05, 0) is 55.0 Å². The van der Waals surface area contributed by atoms with Gasteiger partial charge in [-0.1, -0.05) is 12.1 Å². The normalized spacial score (nSPS) is 12.0. The Kier molecular flexibility index (Phi) is 5.65. The molecule has 0 aliphatic heterocycles. The summed E-state index contributed by atoms with van der Waals surface area (Å²) in [7, 11) is 5.50. The molecular weight excluding hydrogens is 415 g/mol. The van der Waals surface area contributed by atoms with Crippen molar-refractivity contribution in [3.63, 3.8) is 0 Å². The molecule has 1 amide bonds. The van der Waals surface area contributed by atoms with Gasteiger partial charge in [0, 0.05) is 14.1 Å². The van der Waals surface area contributed by atoms with E-state index in [1.165, 1.54) is 23.5 Å². The first kappa shape index (κ1) is 20.9. The van der Waals surface area contributed by atoms with E-state index in [4.69, 9.17) is 9.72 Å². The van der Waals surface area contributed by atoms with E-state index in [0.717, 1.165) is 33.3 Å². The molecule has 0 saturated heterocycles. The molecule has 0 aliphatic rings. The van der Waals surface area contributed by atoms with Gasteiger partial charge < -0.3 is 15.0 Å². The Hall–Kier alpha value is -3.39. The summed E-state index contributed by atoms with van der Waals surface area (Å²) < 4.78 is 20.5. The molecule has 1 unspecified atom stereocenters. The molecule has 0 saturated carbocycles. The number of benzene rings is 2. The number of rotatable bonds is 6.